The van der Waals surface area contributed by atoms with Gasteiger partial charge in [0, 0.05) is 12.6 Å². The number of hydrogen-bond donors (Lipinski definition) is 1. The molecule has 1 amide bonds. The Bertz CT molecular complexity index is 794. The molecule has 2 rings (SSSR count). The number of rotatable bonds is 9. The second kappa shape index (κ2) is 9.54. The molecular weight excluding hydrogens is 350 g/mol. The van der Waals surface area contributed by atoms with E-state index in [9.17, 15) is 14.9 Å². The van der Waals surface area contributed by atoms with E-state index >= 15 is 0 Å². The molecule has 0 aliphatic rings. The molecule has 0 radical (unpaired) electrons. The number of ether oxygens (including phenoxy) is 2. The van der Waals surface area contributed by atoms with Crippen molar-refractivity contribution < 1.29 is 19.2 Å². The van der Waals surface area contributed by atoms with Gasteiger partial charge in [-0.1, -0.05) is 18.2 Å². The molecule has 0 fully saturated rings. The van der Waals surface area contributed by atoms with E-state index < -0.39 is 4.92 Å². The molecule has 0 heterocycles. The van der Waals surface area contributed by atoms with Gasteiger partial charge >= 0.3 is 0 Å². The van der Waals surface area contributed by atoms with Crippen LogP contribution < -0.4 is 14.8 Å². The van der Waals surface area contributed by atoms with Crippen LogP contribution in [0, 0.1) is 10.1 Å². The van der Waals surface area contributed by atoms with E-state index in [1.807, 2.05) is 43.3 Å². The Labute approximate surface area is 157 Å². The van der Waals surface area contributed by atoms with Crippen molar-refractivity contribution in [1.29, 1.82) is 0 Å². The Balaban J connectivity index is 1.92. The molecule has 8 heteroatoms. The quantitative estimate of drug-likeness (QED) is 0.536. The van der Waals surface area contributed by atoms with Gasteiger partial charge in [-0.2, -0.15) is 0 Å². The predicted octanol–water partition coefficient (Wildman–Crippen LogP) is 2.40. The highest BCUT2D eigenvalue weighted by molar-refractivity contribution is 5.77. The summed E-state index contributed by atoms with van der Waals surface area (Å²) in [5.41, 5.74) is 0.929. The van der Waals surface area contributed by atoms with Gasteiger partial charge in [-0.3, -0.25) is 14.9 Å². The minimum Gasteiger partial charge on any atom is -0.497 e. The Kier molecular flexibility index (Phi) is 7.13. The number of hydrogen-bond acceptors (Lipinski definition) is 6. The predicted molar refractivity (Wildman–Crippen MR) is 101 cm³/mol. The second-order valence-corrected chi connectivity index (χ2v) is 6.10. The smallest absolute Gasteiger partial charge is 0.273 e. The molecule has 2 aromatic rings. The van der Waals surface area contributed by atoms with Crippen LogP contribution in [0.25, 0.3) is 0 Å². The molecule has 0 saturated carbocycles. The number of nitrogens with one attached hydrogen (secondary N) is 1. The Morgan fingerprint density at radius 2 is 1.89 bits per heavy atom. The summed E-state index contributed by atoms with van der Waals surface area (Å²) in [5.74, 6) is 0.715. The molecule has 1 atom stereocenters. The molecule has 2 aromatic carbocycles. The third kappa shape index (κ3) is 5.96. The number of nitrogens with zero attached hydrogens (tertiary/aromatic N) is 2. The van der Waals surface area contributed by atoms with Crippen molar-refractivity contribution in [3.05, 3.63) is 64.2 Å². The standard InChI is InChI=1S/C19H23N3O5/c1-21(2)18(14-6-4-8-16(10-14)26-3)12-20-19(23)13-27-17-9-5-7-15(11-17)22(24)25/h4-11,18H,12-13H2,1-3H3,(H,20,23). The number of nitro groups is 1. The van der Waals surface area contributed by atoms with E-state index in [4.69, 9.17) is 9.47 Å². The van der Waals surface area contributed by atoms with E-state index in [-0.39, 0.29) is 30.0 Å². The van der Waals surface area contributed by atoms with Gasteiger partial charge in [0.1, 0.15) is 11.5 Å². The number of non-ortho nitro benzene ring substituents is 1. The lowest BCUT2D eigenvalue weighted by Gasteiger charge is -2.25. The summed E-state index contributed by atoms with van der Waals surface area (Å²) >= 11 is 0. The first-order valence-electron chi connectivity index (χ1n) is 8.35. The normalized spacial score (nSPS) is 11.7. The highest BCUT2D eigenvalue weighted by Gasteiger charge is 2.16. The van der Waals surface area contributed by atoms with Crippen molar-refractivity contribution in [2.24, 2.45) is 0 Å². The number of methoxy groups -OCH3 is 1. The van der Waals surface area contributed by atoms with Crippen LogP contribution >= 0.6 is 0 Å². The number of amides is 1. The van der Waals surface area contributed by atoms with E-state index in [1.54, 1.807) is 13.2 Å². The molecule has 144 valence electrons. The molecule has 0 spiro atoms. The van der Waals surface area contributed by atoms with Crippen LogP contribution in [0.15, 0.2) is 48.5 Å². The molecule has 0 aliphatic carbocycles. The Morgan fingerprint density at radius 3 is 2.56 bits per heavy atom. The fourth-order valence-electron chi connectivity index (χ4n) is 2.54. The number of nitro benzene ring substituents is 1. The first-order valence-corrected chi connectivity index (χ1v) is 8.35. The maximum absolute atomic E-state index is 12.1. The summed E-state index contributed by atoms with van der Waals surface area (Å²) in [6.07, 6.45) is 0. The lowest BCUT2D eigenvalue weighted by Crippen LogP contribution is -2.36. The van der Waals surface area contributed by atoms with Gasteiger partial charge in [0.25, 0.3) is 11.6 Å². The van der Waals surface area contributed by atoms with Crippen molar-refractivity contribution in [2.45, 2.75) is 6.04 Å². The summed E-state index contributed by atoms with van der Waals surface area (Å²) in [7, 11) is 5.46. The van der Waals surface area contributed by atoms with Gasteiger partial charge in [0.05, 0.1) is 24.1 Å². The van der Waals surface area contributed by atoms with E-state index in [0.29, 0.717) is 6.54 Å². The van der Waals surface area contributed by atoms with Crippen molar-refractivity contribution in [3.8, 4) is 11.5 Å². The van der Waals surface area contributed by atoms with Crippen molar-refractivity contribution in [3.63, 3.8) is 0 Å². The SMILES string of the molecule is COc1cccc(C(CNC(=O)COc2cccc([N+](=O)[O-])c2)N(C)C)c1. The van der Waals surface area contributed by atoms with Gasteiger partial charge in [-0.05, 0) is 37.9 Å². The molecule has 8 nitrogen and oxygen atoms in total. The zero-order valence-electron chi connectivity index (χ0n) is 15.5. The first kappa shape index (κ1) is 20.2. The van der Waals surface area contributed by atoms with Gasteiger partial charge in [-0.15, -0.1) is 0 Å². The van der Waals surface area contributed by atoms with Crippen molar-refractivity contribution in [2.75, 3.05) is 34.4 Å². The van der Waals surface area contributed by atoms with Crippen LogP contribution in [-0.2, 0) is 4.79 Å². The number of carbonyl (C=O) groups excluding carboxylic acids is 1. The lowest BCUT2D eigenvalue weighted by atomic mass is 10.1. The van der Waals surface area contributed by atoms with E-state index in [0.717, 1.165) is 11.3 Å². The van der Waals surface area contributed by atoms with Gasteiger partial charge in [0.2, 0.25) is 0 Å². The maximum Gasteiger partial charge on any atom is 0.273 e. The Hall–Kier alpha value is -3.13. The van der Waals surface area contributed by atoms with Crippen LogP contribution in [0.4, 0.5) is 5.69 Å². The third-order valence-electron chi connectivity index (χ3n) is 3.99. The number of carbonyl (C=O) groups is 1. The number of likely N-dealkylation sites (N-methyl/N-ethyl adjacent to an activating group) is 1. The molecule has 27 heavy (non-hydrogen) atoms. The minimum atomic E-state index is -0.511. The zero-order valence-corrected chi connectivity index (χ0v) is 15.5. The average molecular weight is 373 g/mol. The van der Waals surface area contributed by atoms with Crippen LogP contribution in [0.1, 0.15) is 11.6 Å². The highest BCUT2D eigenvalue weighted by atomic mass is 16.6. The lowest BCUT2D eigenvalue weighted by molar-refractivity contribution is -0.384. The Morgan fingerprint density at radius 1 is 1.19 bits per heavy atom. The fraction of sp³-hybridized carbons (Fsp3) is 0.316. The third-order valence-corrected chi connectivity index (χ3v) is 3.99. The zero-order chi connectivity index (χ0) is 19.8. The summed E-state index contributed by atoms with van der Waals surface area (Å²) in [6, 6.07) is 13.3. The van der Waals surface area contributed by atoms with Gasteiger partial charge < -0.3 is 19.7 Å². The van der Waals surface area contributed by atoms with Gasteiger partial charge in [-0.25, -0.2) is 0 Å². The van der Waals surface area contributed by atoms with E-state index in [2.05, 4.69) is 5.32 Å². The average Bonchev–Trinajstić information content (AvgIpc) is 2.66. The summed E-state index contributed by atoms with van der Waals surface area (Å²) in [4.78, 5) is 24.4. The van der Waals surface area contributed by atoms with Crippen LogP contribution in [0.2, 0.25) is 0 Å². The highest BCUT2D eigenvalue weighted by Crippen LogP contribution is 2.22. The topological polar surface area (TPSA) is 93.9 Å². The monoisotopic (exact) mass is 373 g/mol. The maximum atomic E-state index is 12.1. The summed E-state index contributed by atoms with van der Waals surface area (Å²) in [6.45, 7) is 0.163. The summed E-state index contributed by atoms with van der Waals surface area (Å²) in [5, 5.41) is 13.6. The van der Waals surface area contributed by atoms with Crippen LogP contribution in [0.3, 0.4) is 0 Å². The largest absolute Gasteiger partial charge is 0.497 e. The second-order valence-electron chi connectivity index (χ2n) is 6.10. The molecule has 0 aliphatic heterocycles. The summed E-state index contributed by atoms with van der Waals surface area (Å²) < 4.78 is 10.6. The van der Waals surface area contributed by atoms with Gasteiger partial charge in [0.15, 0.2) is 6.61 Å². The molecule has 0 saturated heterocycles. The van der Waals surface area contributed by atoms with Crippen molar-refractivity contribution >= 4 is 11.6 Å². The van der Waals surface area contributed by atoms with Crippen LogP contribution in [-0.4, -0.2) is 50.1 Å². The molecule has 0 aromatic heterocycles. The minimum absolute atomic E-state index is 0.0399. The molecule has 0 bridgehead atoms. The fourth-order valence-corrected chi connectivity index (χ4v) is 2.54. The number of benzene rings is 2. The first-order chi connectivity index (χ1) is 12.9. The van der Waals surface area contributed by atoms with Crippen LogP contribution in [0.5, 0.6) is 11.5 Å². The molecular formula is C19H23N3O5. The molecule has 1 unspecified atom stereocenters. The van der Waals surface area contributed by atoms with Crippen molar-refractivity contribution in [1.82, 2.24) is 10.2 Å². The van der Waals surface area contributed by atoms with E-state index in [1.165, 1.54) is 18.2 Å². The molecule has 1 N–H and O–H groups in total.